The number of imidazole rings is 1. The minimum absolute atomic E-state index is 0.242. The maximum Gasteiger partial charge on any atom is 0.253 e. The summed E-state index contributed by atoms with van der Waals surface area (Å²) in [6, 6.07) is 4.45. The molecule has 0 spiro atoms. The molecule has 0 atom stereocenters. The number of carbonyl (C=O) groups is 1. The number of amides is 1. The van der Waals surface area contributed by atoms with Gasteiger partial charge in [0.25, 0.3) is 5.91 Å². The minimum atomic E-state index is -0.427. The number of aromatic amines is 1. The van der Waals surface area contributed by atoms with Crippen molar-refractivity contribution in [3.05, 3.63) is 47.8 Å². The highest BCUT2D eigenvalue weighted by Crippen LogP contribution is 2.19. The summed E-state index contributed by atoms with van der Waals surface area (Å²) >= 11 is 0. The Labute approximate surface area is 116 Å². The van der Waals surface area contributed by atoms with E-state index in [2.05, 4.69) is 20.6 Å². The molecule has 1 heterocycles. The molecule has 1 aromatic heterocycles. The van der Waals surface area contributed by atoms with Crippen molar-refractivity contribution in [3.63, 3.8) is 0 Å². The maximum atomic E-state index is 13.8. The summed E-state index contributed by atoms with van der Waals surface area (Å²) in [6.07, 6.45) is 4.14. The van der Waals surface area contributed by atoms with Crippen molar-refractivity contribution in [2.75, 3.05) is 11.9 Å². The zero-order valence-corrected chi connectivity index (χ0v) is 11.2. The third kappa shape index (κ3) is 3.34. The largest absolute Gasteiger partial charge is 0.382 e. The first kappa shape index (κ1) is 14.0. The van der Waals surface area contributed by atoms with Crippen LogP contribution in [0.2, 0.25) is 0 Å². The van der Waals surface area contributed by atoms with Crippen LogP contribution in [-0.4, -0.2) is 22.4 Å². The van der Waals surface area contributed by atoms with Gasteiger partial charge in [-0.05, 0) is 18.6 Å². The van der Waals surface area contributed by atoms with Crippen LogP contribution in [0.15, 0.2) is 30.6 Å². The summed E-state index contributed by atoms with van der Waals surface area (Å²) in [6.45, 7) is 2.86. The van der Waals surface area contributed by atoms with E-state index < -0.39 is 5.82 Å². The second-order valence-electron chi connectivity index (χ2n) is 4.31. The fourth-order valence-electron chi connectivity index (χ4n) is 1.80. The number of nitrogens with zero attached hydrogens (tertiary/aromatic N) is 1. The minimum Gasteiger partial charge on any atom is -0.382 e. The van der Waals surface area contributed by atoms with Gasteiger partial charge in [-0.2, -0.15) is 0 Å². The first-order chi connectivity index (χ1) is 9.72. The number of hydrogen-bond acceptors (Lipinski definition) is 3. The highest BCUT2D eigenvalue weighted by molar-refractivity contribution is 5.99. The molecule has 0 bridgehead atoms. The van der Waals surface area contributed by atoms with Gasteiger partial charge < -0.3 is 15.6 Å². The van der Waals surface area contributed by atoms with E-state index in [-0.39, 0.29) is 18.1 Å². The number of H-pyrrole nitrogens is 1. The van der Waals surface area contributed by atoms with Crippen LogP contribution in [0.3, 0.4) is 0 Å². The molecule has 1 aromatic carbocycles. The summed E-state index contributed by atoms with van der Waals surface area (Å²) in [4.78, 5) is 19.0. The van der Waals surface area contributed by atoms with Crippen molar-refractivity contribution in [1.29, 1.82) is 0 Å². The molecule has 1 amide bonds. The zero-order valence-electron chi connectivity index (χ0n) is 11.2. The number of rotatable bonds is 6. The lowest BCUT2D eigenvalue weighted by Gasteiger charge is -2.12. The smallest absolute Gasteiger partial charge is 0.253 e. The van der Waals surface area contributed by atoms with Crippen LogP contribution in [0.25, 0.3) is 0 Å². The molecule has 0 aliphatic heterocycles. The number of aromatic nitrogens is 2. The molecule has 0 saturated heterocycles. The summed E-state index contributed by atoms with van der Waals surface area (Å²) in [5.41, 5.74) is 0.538. The maximum absolute atomic E-state index is 13.8. The summed E-state index contributed by atoms with van der Waals surface area (Å²) in [5, 5.41) is 5.65. The van der Waals surface area contributed by atoms with Crippen molar-refractivity contribution in [2.45, 2.75) is 19.9 Å². The lowest BCUT2D eigenvalue weighted by atomic mass is 10.1. The molecule has 0 fully saturated rings. The summed E-state index contributed by atoms with van der Waals surface area (Å²) < 4.78 is 13.8. The summed E-state index contributed by atoms with van der Waals surface area (Å²) in [7, 11) is 0. The van der Waals surface area contributed by atoms with Gasteiger partial charge in [0, 0.05) is 18.9 Å². The SMILES string of the molecule is CCCNc1c(F)cccc1C(=O)NCc1ncc[nH]1. The Morgan fingerprint density at radius 1 is 1.45 bits per heavy atom. The monoisotopic (exact) mass is 276 g/mol. The van der Waals surface area contributed by atoms with E-state index >= 15 is 0 Å². The van der Waals surface area contributed by atoms with Gasteiger partial charge in [-0.3, -0.25) is 4.79 Å². The Kier molecular flexibility index (Phi) is 4.70. The third-order valence-electron chi connectivity index (χ3n) is 2.78. The second kappa shape index (κ2) is 6.70. The fourth-order valence-corrected chi connectivity index (χ4v) is 1.80. The Bertz CT molecular complexity index is 569. The molecular weight excluding hydrogens is 259 g/mol. The van der Waals surface area contributed by atoms with Gasteiger partial charge in [-0.25, -0.2) is 9.37 Å². The van der Waals surface area contributed by atoms with Crippen LogP contribution in [0, 0.1) is 5.82 Å². The Hall–Kier alpha value is -2.37. The van der Waals surface area contributed by atoms with Crippen molar-refractivity contribution in [1.82, 2.24) is 15.3 Å². The normalized spacial score (nSPS) is 10.3. The number of nitrogens with one attached hydrogen (secondary N) is 3. The van der Waals surface area contributed by atoms with Crippen LogP contribution >= 0.6 is 0 Å². The van der Waals surface area contributed by atoms with Crippen molar-refractivity contribution >= 4 is 11.6 Å². The molecule has 0 aliphatic rings. The third-order valence-corrected chi connectivity index (χ3v) is 2.78. The van der Waals surface area contributed by atoms with Gasteiger partial charge in [0.1, 0.15) is 11.6 Å². The average molecular weight is 276 g/mol. The van der Waals surface area contributed by atoms with Crippen molar-refractivity contribution in [2.24, 2.45) is 0 Å². The predicted octanol–water partition coefficient (Wildman–Crippen LogP) is 2.30. The first-order valence-corrected chi connectivity index (χ1v) is 6.51. The predicted molar refractivity (Wildman–Crippen MR) is 74.9 cm³/mol. The Morgan fingerprint density at radius 3 is 3.00 bits per heavy atom. The fraction of sp³-hybridized carbons (Fsp3) is 0.286. The molecule has 3 N–H and O–H groups in total. The van der Waals surface area contributed by atoms with Gasteiger partial charge in [0.05, 0.1) is 17.8 Å². The van der Waals surface area contributed by atoms with Crippen LogP contribution in [0.4, 0.5) is 10.1 Å². The lowest BCUT2D eigenvalue weighted by molar-refractivity contribution is 0.0950. The molecule has 20 heavy (non-hydrogen) atoms. The first-order valence-electron chi connectivity index (χ1n) is 6.51. The van der Waals surface area contributed by atoms with Crippen molar-refractivity contribution < 1.29 is 9.18 Å². The van der Waals surface area contributed by atoms with E-state index in [1.165, 1.54) is 12.1 Å². The standard InChI is InChI=1S/C14H17FN4O/c1-2-6-18-13-10(4-3-5-11(13)15)14(20)19-9-12-16-7-8-17-12/h3-5,7-8,18H,2,6,9H2,1H3,(H,16,17)(H,19,20). The molecule has 0 unspecified atom stereocenters. The van der Waals surface area contributed by atoms with Gasteiger partial charge in [-0.1, -0.05) is 13.0 Å². The number of halogens is 1. The molecule has 0 saturated carbocycles. The summed E-state index contributed by atoms with van der Waals surface area (Å²) in [5.74, 6) is -0.110. The number of hydrogen-bond donors (Lipinski definition) is 3. The number of anilines is 1. The highest BCUT2D eigenvalue weighted by Gasteiger charge is 2.14. The van der Waals surface area contributed by atoms with E-state index in [9.17, 15) is 9.18 Å². The van der Waals surface area contributed by atoms with E-state index in [1.54, 1.807) is 18.5 Å². The van der Waals surface area contributed by atoms with E-state index in [1.807, 2.05) is 6.92 Å². The lowest BCUT2D eigenvalue weighted by Crippen LogP contribution is -2.25. The molecule has 2 rings (SSSR count). The van der Waals surface area contributed by atoms with Crippen LogP contribution in [0.1, 0.15) is 29.5 Å². The molecule has 0 aliphatic carbocycles. The second-order valence-corrected chi connectivity index (χ2v) is 4.31. The molecular formula is C14H17FN4O. The zero-order chi connectivity index (χ0) is 14.4. The van der Waals surface area contributed by atoms with Gasteiger partial charge >= 0.3 is 0 Å². The van der Waals surface area contributed by atoms with E-state index in [0.717, 1.165) is 6.42 Å². The van der Waals surface area contributed by atoms with Crippen LogP contribution in [-0.2, 0) is 6.54 Å². The topological polar surface area (TPSA) is 69.8 Å². The van der Waals surface area contributed by atoms with E-state index in [0.29, 0.717) is 17.9 Å². The van der Waals surface area contributed by atoms with Crippen LogP contribution < -0.4 is 10.6 Å². The molecule has 0 radical (unpaired) electrons. The molecule has 5 nitrogen and oxygen atoms in total. The number of carbonyl (C=O) groups excluding carboxylic acids is 1. The van der Waals surface area contributed by atoms with Gasteiger partial charge in [-0.15, -0.1) is 0 Å². The highest BCUT2D eigenvalue weighted by atomic mass is 19.1. The van der Waals surface area contributed by atoms with Crippen LogP contribution in [0.5, 0.6) is 0 Å². The average Bonchev–Trinajstić information content (AvgIpc) is 2.96. The molecule has 2 aromatic rings. The number of para-hydroxylation sites is 1. The van der Waals surface area contributed by atoms with Gasteiger partial charge in [0.2, 0.25) is 0 Å². The number of benzene rings is 1. The quantitative estimate of drug-likeness (QED) is 0.758. The van der Waals surface area contributed by atoms with E-state index in [4.69, 9.17) is 0 Å². The van der Waals surface area contributed by atoms with Crippen molar-refractivity contribution in [3.8, 4) is 0 Å². The Morgan fingerprint density at radius 2 is 2.30 bits per heavy atom. The molecule has 106 valence electrons. The molecule has 6 heteroatoms. The Balaban J connectivity index is 2.10. The van der Waals surface area contributed by atoms with Gasteiger partial charge in [0.15, 0.2) is 0 Å².